The minimum absolute atomic E-state index is 0.713. The second-order valence-corrected chi connectivity index (χ2v) is 3.07. The summed E-state index contributed by atoms with van der Waals surface area (Å²) in [6.45, 7) is 6.72. The van der Waals surface area contributed by atoms with Crippen molar-refractivity contribution < 1.29 is 0 Å². The molecule has 0 spiro atoms. The molecule has 1 rings (SSSR count). The third-order valence-corrected chi connectivity index (χ3v) is 1.92. The van der Waals surface area contributed by atoms with E-state index in [-0.39, 0.29) is 0 Å². The molecule has 0 radical (unpaired) electrons. The highest BCUT2D eigenvalue weighted by Crippen LogP contribution is 2.25. The lowest BCUT2D eigenvalue weighted by molar-refractivity contribution is 0.532. The molecule has 0 aromatic heterocycles. The Morgan fingerprint density at radius 3 is 2.33 bits per heavy atom. The molecule has 0 bridgehead atoms. The van der Waals surface area contributed by atoms with Crippen LogP contribution in [0.5, 0.6) is 0 Å². The number of hydrogen-bond donors (Lipinski definition) is 0. The molecule has 9 heavy (non-hydrogen) atoms. The van der Waals surface area contributed by atoms with E-state index in [2.05, 4.69) is 39.0 Å². The lowest BCUT2D eigenvalue weighted by Crippen LogP contribution is -2.03. The number of hydrogen-bond acceptors (Lipinski definition) is 0. The van der Waals surface area contributed by atoms with Gasteiger partial charge in [-0.05, 0) is 12.8 Å². The van der Waals surface area contributed by atoms with Gasteiger partial charge in [-0.1, -0.05) is 37.6 Å². The highest BCUT2D eigenvalue weighted by Gasteiger charge is 2.13. The fraction of sp³-hybridized carbons (Fsp3) is 0.556. The molecular weight excluding hydrogens is 108 g/mol. The van der Waals surface area contributed by atoms with Gasteiger partial charge < -0.3 is 0 Å². The zero-order valence-electron chi connectivity index (χ0n) is 6.39. The van der Waals surface area contributed by atoms with Crippen molar-refractivity contribution in [1.29, 1.82) is 0 Å². The van der Waals surface area contributed by atoms with E-state index in [1.807, 2.05) is 0 Å². The monoisotopic (exact) mass is 122 g/mol. The lowest BCUT2D eigenvalue weighted by Gasteiger charge is -2.13. The first kappa shape index (κ1) is 6.60. The summed E-state index contributed by atoms with van der Waals surface area (Å²) in [4.78, 5) is 0. The average Bonchev–Trinajstić information content (AvgIpc) is 2.13. The first-order chi connectivity index (χ1) is 4.22. The summed E-state index contributed by atoms with van der Waals surface area (Å²) in [6, 6.07) is 0. The Balaban J connectivity index is 2.63. The van der Waals surface area contributed by atoms with Crippen LogP contribution in [-0.2, 0) is 0 Å². The summed E-state index contributed by atoms with van der Waals surface area (Å²) in [7, 11) is 0. The van der Waals surface area contributed by atoms with Crippen molar-refractivity contribution in [3.8, 4) is 0 Å². The Morgan fingerprint density at radius 2 is 2.11 bits per heavy atom. The Morgan fingerprint density at radius 1 is 1.44 bits per heavy atom. The Hall–Kier alpha value is -0.520. The van der Waals surface area contributed by atoms with E-state index < -0.39 is 0 Å². The second-order valence-electron chi connectivity index (χ2n) is 3.07. The van der Waals surface area contributed by atoms with Crippen LogP contribution < -0.4 is 0 Å². The van der Waals surface area contributed by atoms with E-state index in [0.717, 1.165) is 5.92 Å². The van der Waals surface area contributed by atoms with Crippen LogP contribution in [0.4, 0.5) is 0 Å². The molecule has 0 fully saturated rings. The van der Waals surface area contributed by atoms with Crippen LogP contribution >= 0.6 is 0 Å². The molecule has 1 unspecified atom stereocenters. The largest absolute Gasteiger partial charge is 0.0771 e. The van der Waals surface area contributed by atoms with Gasteiger partial charge in [-0.2, -0.15) is 0 Å². The van der Waals surface area contributed by atoms with Crippen molar-refractivity contribution in [2.45, 2.75) is 20.8 Å². The van der Waals surface area contributed by atoms with E-state index in [1.165, 1.54) is 5.57 Å². The van der Waals surface area contributed by atoms with Gasteiger partial charge in [0.1, 0.15) is 0 Å². The third kappa shape index (κ3) is 1.24. The smallest absolute Gasteiger partial charge is 0.000323 e. The summed E-state index contributed by atoms with van der Waals surface area (Å²) < 4.78 is 0. The van der Waals surface area contributed by atoms with Crippen molar-refractivity contribution in [2.75, 3.05) is 0 Å². The van der Waals surface area contributed by atoms with Gasteiger partial charge in [-0.3, -0.25) is 0 Å². The summed E-state index contributed by atoms with van der Waals surface area (Å²) in [5.74, 6) is 1.48. The summed E-state index contributed by atoms with van der Waals surface area (Å²) in [5.41, 5.74) is 1.50. The molecule has 0 amide bonds. The van der Waals surface area contributed by atoms with E-state index >= 15 is 0 Å². The van der Waals surface area contributed by atoms with Crippen molar-refractivity contribution in [3.05, 3.63) is 23.8 Å². The minimum Gasteiger partial charge on any atom is -0.0771 e. The highest BCUT2D eigenvalue weighted by atomic mass is 14.2. The number of allylic oxidation sites excluding steroid dienone is 4. The summed E-state index contributed by atoms with van der Waals surface area (Å²) in [5, 5.41) is 0. The van der Waals surface area contributed by atoms with Gasteiger partial charge >= 0.3 is 0 Å². The van der Waals surface area contributed by atoms with Gasteiger partial charge in [0.05, 0.1) is 0 Å². The van der Waals surface area contributed by atoms with Crippen molar-refractivity contribution in [3.63, 3.8) is 0 Å². The molecule has 0 aromatic carbocycles. The molecule has 1 atom stereocenters. The van der Waals surface area contributed by atoms with Crippen LogP contribution in [0.3, 0.4) is 0 Å². The average molecular weight is 122 g/mol. The summed E-state index contributed by atoms with van der Waals surface area (Å²) >= 11 is 0. The lowest BCUT2D eigenvalue weighted by atomic mass is 9.92. The predicted octanol–water partition coefficient (Wildman–Crippen LogP) is 2.77. The van der Waals surface area contributed by atoms with Gasteiger partial charge in [-0.15, -0.1) is 0 Å². The van der Waals surface area contributed by atoms with E-state index in [0.29, 0.717) is 5.92 Å². The van der Waals surface area contributed by atoms with E-state index in [9.17, 15) is 0 Å². The van der Waals surface area contributed by atoms with Crippen LogP contribution in [0.2, 0.25) is 0 Å². The second kappa shape index (κ2) is 2.38. The van der Waals surface area contributed by atoms with Crippen molar-refractivity contribution in [2.24, 2.45) is 11.8 Å². The SMILES string of the molecule is CC1=CC=CC1C(C)C. The zero-order valence-corrected chi connectivity index (χ0v) is 6.39. The van der Waals surface area contributed by atoms with Crippen LogP contribution in [-0.4, -0.2) is 0 Å². The maximum atomic E-state index is 2.28. The highest BCUT2D eigenvalue weighted by molar-refractivity contribution is 5.25. The molecule has 1 aliphatic rings. The zero-order chi connectivity index (χ0) is 6.85. The van der Waals surface area contributed by atoms with Gasteiger partial charge in [0.15, 0.2) is 0 Å². The molecule has 0 saturated carbocycles. The quantitative estimate of drug-likeness (QED) is 0.501. The summed E-state index contributed by atoms with van der Waals surface area (Å²) in [6.07, 6.45) is 6.63. The molecule has 0 nitrogen and oxygen atoms in total. The van der Waals surface area contributed by atoms with E-state index in [1.54, 1.807) is 0 Å². The van der Waals surface area contributed by atoms with Gasteiger partial charge in [0.25, 0.3) is 0 Å². The molecule has 0 heteroatoms. The van der Waals surface area contributed by atoms with Crippen molar-refractivity contribution in [1.82, 2.24) is 0 Å². The minimum atomic E-state index is 0.713. The molecule has 0 aliphatic heterocycles. The first-order valence-corrected chi connectivity index (χ1v) is 3.57. The topological polar surface area (TPSA) is 0 Å². The Labute approximate surface area is 57.3 Å². The number of rotatable bonds is 1. The standard InChI is InChI=1S/C9H14/c1-7(2)9-6-4-5-8(9)3/h4-7,9H,1-3H3. The molecule has 0 N–H and O–H groups in total. The fourth-order valence-electron chi connectivity index (χ4n) is 1.34. The Kier molecular flexibility index (Phi) is 1.75. The van der Waals surface area contributed by atoms with Crippen LogP contribution in [0.15, 0.2) is 23.8 Å². The third-order valence-electron chi connectivity index (χ3n) is 1.92. The molecule has 0 aromatic rings. The normalized spacial score (nSPS) is 25.3. The Bertz CT molecular complexity index is 149. The van der Waals surface area contributed by atoms with Crippen LogP contribution in [0.1, 0.15) is 20.8 Å². The van der Waals surface area contributed by atoms with E-state index in [4.69, 9.17) is 0 Å². The molecular formula is C9H14. The fourth-order valence-corrected chi connectivity index (χ4v) is 1.34. The van der Waals surface area contributed by atoms with Gasteiger partial charge in [-0.25, -0.2) is 0 Å². The predicted molar refractivity (Wildman–Crippen MR) is 41.2 cm³/mol. The molecule has 0 heterocycles. The van der Waals surface area contributed by atoms with Crippen molar-refractivity contribution >= 4 is 0 Å². The maximum absolute atomic E-state index is 2.28. The molecule has 50 valence electrons. The van der Waals surface area contributed by atoms with Gasteiger partial charge in [0.2, 0.25) is 0 Å². The molecule has 0 saturated heterocycles. The van der Waals surface area contributed by atoms with Crippen LogP contribution in [0.25, 0.3) is 0 Å². The van der Waals surface area contributed by atoms with Crippen LogP contribution in [0, 0.1) is 11.8 Å². The first-order valence-electron chi connectivity index (χ1n) is 3.57. The maximum Gasteiger partial charge on any atom is 0.000323 e. The van der Waals surface area contributed by atoms with Gasteiger partial charge in [0, 0.05) is 5.92 Å². The molecule has 1 aliphatic carbocycles.